The number of hydrogen-bond donors (Lipinski definition) is 0. The lowest BCUT2D eigenvalue weighted by atomic mass is 9.98. The van der Waals surface area contributed by atoms with Gasteiger partial charge in [-0.3, -0.25) is 0 Å². The topological polar surface area (TPSA) is 6.48 Å². The summed E-state index contributed by atoms with van der Waals surface area (Å²) in [4.78, 5) is 4.90. The minimum absolute atomic E-state index is 1.11. The molecule has 0 aromatic heterocycles. The summed E-state index contributed by atoms with van der Waals surface area (Å²) >= 11 is 0. The lowest BCUT2D eigenvalue weighted by molar-refractivity contribution is 0.313. The summed E-state index contributed by atoms with van der Waals surface area (Å²) < 4.78 is 0. The first kappa shape index (κ1) is 13.4. The molecule has 0 saturated carbocycles. The third-order valence-electron chi connectivity index (χ3n) is 3.74. The molecular formula is C16H25N2. The number of nitrogens with zero attached hydrogens (tertiary/aromatic N) is 2. The molecule has 1 aliphatic heterocycles. The van der Waals surface area contributed by atoms with E-state index in [1.807, 2.05) is 0 Å². The van der Waals surface area contributed by atoms with Gasteiger partial charge in [-0.15, -0.1) is 0 Å². The standard InChI is InChI=1S/C16H25N2/c1-13(2)11-15-5-6-16(12-14(15)3)18-9-7-17(4)8-10-18/h5-6,12H,7-11H2,1-4H3. The van der Waals surface area contributed by atoms with Gasteiger partial charge in [-0.1, -0.05) is 19.9 Å². The van der Waals surface area contributed by atoms with E-state index in [0.29, 0.717) is 0 Å². The molecule has 1 fully saturated rings. The predicted octanol–water partition coefficient (Wildman–Crippen LogP) is 2.90. The van der Waals surface area contributed by atoms with E-state index in [0.717, 1.165) is 19.5 Å². The highest BCUT2D eigenvalue weighted by Gasteiger charge is 2.14. The molecule has 2 rings (SSSR count). The summed E-state index contributed by atoms with van der Waals surface area (Å²) in [5, 5.41) is 0. The number of piperazine rings is 1. The van der Waals surface area contributed by atoms with Gasteiger partial charge in [-0.2, -0.15) is 0 Å². The van der Waals surface area contributed by atoms with E-state index in [9.17, 15) is 0 Å². The highest BCUT2D eigenvalue weighted by atomic mass is 15.2. The van der Waals surface area contributed by atoms with Crippen molar-refractivity contribution < 1.29 is 0 Å². The molecule has 0 unspecified atom stereocenters. The number of aryl methyl sites for hydroxylation is 1. The summed E-state index contributed by atoms with van der Waals surface area (Å²) in [6.07, 6.45) is 1.11. The third-order valence-corrected chi connectivity index (χ3v) is 3.74. The molecule has 1 radical (unpaired) electrons. The van der Waals surface area contributed by atoms with Crippen LogP contribution >= 0.6 is 0 Å². The first-order valence-corrected chi connectivity index (χ1v) is 6.88. The molecule has 1 aromatic carbocycles. The number of benzene rings is 1. The molecule has 1 aliphatic rings. The van der Waals surface area contributed by atoms with Gasteiger partial charge in [0.2, 0.25) is 0 Å². The Kier molecular flexibility index (Phi) is 4.28. The Bertz CT molecular complexity index is 390. The fourth-order valence-electron chi connectivity index (χ4n) is 2.52. The van der Waals surface area contributed by atoms with Crippen LogP contribution in [0.5, 0.6) is 0 Å². The van der Waals surface area contributed by atoms with E-state index >= 15 is 0 Å². The van der Waals surface area contributed by atoms with E-state index in [1.54, 1.807) is 0 Å². The van der Waals surface area contributed by atoms with Crippen LogP contribution in [0.2, 0.25) is 0 Å². The number of likely N-dealkylation sites (N-methyl/N-ethyl adjacent to an activating group) is 1. The van der Waals surface area contributed by atoms with Gasteiger partial charge >= 0.3 is 0 Å². The normalized spacial score (nSPS) is 17.5. The first-order valence-electron chi connectivity index (χ1n) is 6.88. The van der Waals surface area contributed by atoms with Gasteiger partial charge in [0.1, 0.15) is 0 Å². The van der Waals surface area contributed by atoms with Gasteiger partial charge in [0.25, 0.3) is 0 Å². The molecule has 0 aliphatic carbocycles. The van der Waals surface area contributed by atoms with Gasteiger partial charge in [0.05, 0.1) is 0 Å². The zero-order valence-electron chi connectivity index (χ0n) is 12.2. The summed E-state index contributed by atoms with van der Waals surface area (Å²) in [5.41, 5.74) is 4.28. The fraction of sp³-hybridized carbons (Fsp3) is 0.562. The van der Waals surface area contributed by atoms with Crippen molar-refractivity contribution in [2.75, 3.05) is 38.1 Å². The minimum atomic E-state index is 1.11. The molecule has 1 heterocycles. The summed E-state index contributed by atoms with van der Waals surface area (Å²) in [6, 6.07) is 6.94. The molecule has 18 heavy (non-hydrogen) atoms. The van der Waals surface area contributed by atoms with Crippen LogP contribution < -0.4 is 4.90 Å². The van der Waals surface area contributed by atoms with Crippen molar-refractivity contribution >= 4 is 5.69 Å². The van der Waals surface area contributed by atoms with Gasteiger partial charge in [0, 0.05) is 31.9 Å². The molecule has 0 spiro atoms. The van der Waals surface area contributed by atoms with Crippen molar-refractivity contribution in [3.8, 4) is 0 Å². The Hall–Kier alpha value is -1.02. The molecule has 1 saturated heterocycles. The average Bonchev–Trinajstić information content (AvgIpc) is 2.32. The van der Waals surface area contributed by atoms with Crippen LogP contribution in [0.4, 0.5) is 5.69 Å². The van der Waals surface area contributed by atoms with Crippen LogP contribution in [0.1, 0.15) is 25.0 Å². The SMILES string of the molecule is C[C](C)Cc1ccc(N2CCN(C)CC2)cc1C. The van der Waals surface area contributed by atoms with Crippen molar-refractivity contribution in [2.24, 2.45) is 0 Å². The van der Waals surface area contributed by atoms with Crippen LogP contribution in [0, 0.1) is 12.8 Å². The number of hydrogen-bond acceptors (Lipinski definition) is 2. The van der Waals surface area contributed by atoms with Crippen molar-refractivity contribution in [2.45, 2.75) is 27.2 Å². The maximum absolute atomic E-state index is 2.50. The first-order chi connectivity index (χ1) is 8.56. The van der Waals surface area contributed by atoms with E-state index in [-0.39, 0.29) is 0 Å². The second kappa shape index (κ2) is 5.75. The van der Waals surface area contributed by atoms with Crippen molar-refractivity contribution in [3.05, 3.63) is 35.2 Å². The zero-order chi connectivity index (χ0) is 13.1. The maximum atomic E-state index is 2.50. The fourth-order valence-corrected chi connectivity index (χ4v) is 2.52. The number of rotatable bonds is 3. The smallest absolute Gasteiger partial charge is 0.0369 e. The Morgan fingerprint density at radius 3 is 2.33 bits per heavy atom. The molecular weight excluding hydrogens is 220 g/mol. The highest BCUT2D eigenvalue weighted by Crippen LogP contribution is 2.22. The van der Waals surface area contributed by atoms with Gasteiger partial charge in [-0.25, -0.2) is 0 Å². The van der Waals surface area contributed by atoms with Crippen molar-refractivity contribution in [1.29, 1.82) is 0 Å². The number of anilines is 1. The van der Waals surface area contributed by atoms with Crippen LogP contribution in [0.25, 0.3) is 0 Å². The Morgan fingerprint density at radius 2 is 1.78 bits per heavy atom. The van der Waals surface area contributed by atoms with Gasteiger partial charge in [0.15, 0.2) is 0 Å². The van der Waals surface area contributed by atoms with Crippen LogP contribution in [0.15, 0.2) is 18.2 Å². The van der Waals surface area contributed by atoms with E-state index < -0.39 is 0 Å². The largest absolute Gasteiger partial charge is 0.369 e. The highest BCUT2D eigenvalue weighted by molar-refractivity contribution is 5.51. The van der Waals surface area contributed by atoms with Crippen molar-refractivity contribution in [3.63, 3.8) is 0 Å². The van der Waals surface area contributed by atoms with Gasteiger partial charge in [-0.05, 0) is 49.6 Å². The van der Waals surface area contributed by atoms with E-state index in [1.165, 1.54) is 35.8 Å². The zero-order valence-corrected chi connectivity index (χ0v) is 12.2. The molecule has 0 N–H and O–H groups in total. The monoisotopic (exact) mass is 245 g/mol. The van der Waals surface area contributed by atoms with Gasteiger partial charge < -0.3 is 9.80 Å². The molecule has 0 amide bonds. The summed E-state index contributed by atoms with van der Waals surface area (Å²) in [5.74, 6) is 1.48. The van der Waals surface area contributed by atoms with Crippen LogP contribution in [-0.4, -0.2) is 38.1 Å². The average molecular weight is 245 g/mol. The summed E-state index contributed by atoms with van der Waals surface area (Å²) in [6.45, 7) is 11.3. The molecule has 2 heteroatoms. The minimum Gasteiger partial charge on any atom is -0.369 e. The maximum Gasteiger partial charge on any atom is 0.0369 e. The third kappa shape index (κ3) is 3.26. The molecule has 0 bridgehead atoms. The molecule has 0 atom stereocenters. The van der Waals surface area contributed by atoms with Crippen LogP contribution in [-0.2, 0) is 6.42 Å². The summed E-state index contributed by atoms with van der Waals surface area (Å²) in [7, 11) is 2.20. The molecule has 2 nitrogen and oxygen atoms in total. The molecule has 1 aromatic rings. The predicted molar refractivity (Wildman–Crippen MR) is 79.2 cm³/mol. The Balaban J connectivity index is 2.08. The lowest BCUT2D eigenvalue weighted by Crippen LogP contribution is -2.44. The lowest BCUT2D eigenvalue weighted by Gasteiger charge is -2.34. The Labute approximate surface area is 112 Å². The van der Waals surface area contributed by atoms with Crippen molar-refractivity contribution in [1.82, 2.24) is 4.90 Å². The van der Waals surface area contributed by atoms with E-state index in [2.05, 4.69) is 55.8 Å². The quantitative estimate of drug-likeness (QED) is 0.808. The second-order valence-corrected chi connectivity index (χ2v) is 5.78. The molecule has 99 valence electrons. The van der Waals surface area contributed by atoms with E-state index in [4.69, 9.17) is 0 Å². The second-order valence-electron chi connectivity index (χ2n) is 5.78. The Morgan fingerprint density at radius 1 is 1.11 bits per heavy atom. The van der Waals surface area contributed by atoms with Crippen LogP contribution in [0.3, 0.4) is 0 Å².